The maximum atomic E-state index is 12.4. The van der Waals surface area contributed by atoms with Crippen molar-refractivity contribution >= 4 is 23.4 Å². The highest BCUT2D eigenvalue weighted by Crippen LogP contribution is 2.39. The molecule has 36 heavy (non-hydrogen) atoms. The molecule has 0 saturated carbocycles. The van der Waals surface area contributed by atoms with E-state index in [0.717, 1.165) is 21.8 Å². The van der Waals surface area contributed by atoms with Gasteiger partial charge in [0.15, 0.2) is 11.4 Å². The number of amides is 1. The summed E-state index contributed by atoms with van der Waals surface area (Å²) in [5.74, 6) is 0.455. The lowest BCUT2D eigenvalue weighted by atomic mass is 10.0. The van der Waals surface area contributed by atoms with Gasteiger partial charge in [-0.3, -0.25) is 14.9 Å². The number of aromatic nitrogens is 4. The third-order valence-electron chi connectivity index (χ3n) is 5.78. The van der Waals surface area contributed by atoms with Crippen molar-refractivity contribution in [2.45, 2.75) is 36.7 Å². The number of pyridine rings is 1. The average Bonchev–Trinajstić information content (AvgIpc) is 3.46. The summed E-state index contributed by atoms with van der Waals surface area (Å²) in [6, 6.07) is 18.6. The molecule has 1 fully saturated rings. The van der Waals surface area contributed by atoms with Gasteiger partial charge in [0.25, 0.3) is 5.91 Å². The molecule has 3 heterocycles. The summed E-state index contributed by atoms with van der Waals surface area (Å²) in [5.41, 5.74) is 3.87. The fraction of sp³-hybridized carbons (Fsp3) is 0.231. The summed E-state index contributed by atoms with van der Waals surface area (Å²) in [7, 11) is 0. The molecule has 0 bridgehead atoms. The maximum absolute atomic E-state index is 12.4. The Hall–Kier alpha value is -3.57. The molecule has 4 aromatic rings. The van der Waals surface area contributed by atoms with E-state index in [-0.39, 0.29) is 24.7 Å². The number of hydrogen-bond acceptors (Lipinski definition) is 8. The van der Waals surface area contributed by atoms with Gasteiger partial charge in [0.05, 0.1) is 24.4 Å². The van der Waals surface area contributed by atoms with E-state index in [0.29, 0.717) is 23.4 Å². The van der Waals surface area contributed by atoms with Crippen molar-refractivity contribution in [1.82, 2.24) is 20.2 Å². The van der Waals surface area contributed by atoms with Crippen LogP contribution in [0.3, 0.4) is 0 Å². The summed E-state index contributed by atoms with van der Waals surface area (Å²) in [6.07, 6.45) is 4.46. The Kier molecular flexibility index (Phi) is 7.67. The Morgan fingerprint density at radius 1 is 1.08 bits per heavy atom. The predicted octanol–water partition coefficient (Wildman–Crippen LogP) is 4.28. The Labute approximate surface area is 212 Å². The van der Waals surface area contributed by atoms with Crippen LogP contribution in [-0.4, -0.2) is 43.0 Å². The number of hydrogen-bond donors (Lipinski definition) is 3. The van der Waals surface area contributed by atoms with E-state index in [1.807, 2.05) is 48.5 Å². The molecule has 3 N–H and O–H groups in total. The van der Waals surface area contributed by atoms with Crippen LogP contribution in [0.2, 0.25) is 0 Å². The molecule has 5 rings (SSSR count). The number of aliphatic hydroxyl groups excluding tert-OH is 1. The van der Waals surface area contributed by atoms with Crippen LogP contribution in [0.15, 0.2) is 84.5 Å². The highest BCUT2D eigenvalue weighted by Gasteiger charge is 2.32. The van der Waals surface area contributed by atoms with Crippen LogP contribution < -0.4 is 5.32 Å². The number of aromatic amines is 1. The Bertz CT molecular complexity index is 1250. The third kappa shape index (κ3) is 5.97. The first-order valence-corrected chi connectivity index (χ1v) is 12.5. The number of carbonyl (C=O) groups excluding carboxylic acids is 1. The summed E-state index contributed by atoms with van der Waals surface area (Å²) in [5, 5.41) is 19.8. The van der Waals surface area contributed by atoms with Gasteiger partial charge in [-0.15, -0.1) is 0 Å². The van der Waals surface area contributed by atoms with Gasteiger partial charge in [-0.1, -0.05) is 48.2 Å². The van der Waals surface area contributed by atoms with Crippen molar-refractivity contribution in [3.8, 4) is 0 Å². The molecule has 9 nitrogen and oxygen atoms in total. The molecule has 10 heteroatoms. The number of H-pyrrole nitrogens is 1. The number of rotatable bonds is 8. The van der Waals surface area contributed by atoms with E-state index >= 15 is 0 Å². The predicted molar refractivity (Wildman–Crippen MR) is 134 cm³/mol. The van der Waals surface area contributed by atoms with Gasteiger partial charge in [-0.2, -0.15) is 5.10 Å². The first-order chi connectivity index (χ1) is 17.7. The van der Waals surface area contributed by atoms with Gasteiger partial charge in [0.2, 0.25) is 0 Å². The third-order valence-corrected chi connectivity index (χ3v) is 6.79. The van der Waals surface area contributed by atoms with Crippen molar-refractivity contribution < 1.29 is 19.4 Å². The molecular formula is C26H25N5O4S. The lowest BCUT2D eigenvalue weighted by Gasteiger charge is -2.36. The summed E-state index contributed by atoms with van der Waals surface area (Å²) >= 11 is 1.55. The van der Waals surface area contributed by atoms with Crippen molar-refractivity contribution in [1.29, 1.82) is 0 Å². The fourth-order valence-corrected chi connectivity index (χ4v) is 4.68. The molecule has 3 atom stereocenters. The zero-order valence-electron chi connectivity index (χ0n) is 19.3. The number of nitrogens with zero attached hydrogens (tertiary/aromatic N) is 3. The smallest absolute Gasteiger partial charge is 0.257 e. The first kappa shape index (κ1) is 24.1. The zero-order valence-corrected chi connectivity index (χ0v) is 20.1. The number of anilines is 1. The minimum Gasteiger partial charge on any atom is -0.392 e. The van der Waals surface area contributed by atoms with Crippen LogP contribution in [-0.2, 0) is 16.1 Å². The fourth-order valence-electron chi connectivity index (χ4n) is 3.88. The molecule has 2 aromatic heterocycles. The normalized spacial score (nSPS) is 19.6. The lowest BCUT2D eigenvalue weighted by Crippen LogP contribution is -2.31. The monoisotopic (exact) mass is 503 g/mol. The summed E-state index contributed by atoms with van der Waals surface area (Å²) in [4.78, 5) is 20.6. The van der Waals surface area contributed by atoms with E-state index in [1.165, 1.54) is 12.5 Å². The van der Waals surface area contributed by atoms with Crippen molar-refractivity contribution in [3.63, 3.8) is 0 Å². The topological polar surface area (TPSA) is 122 Å². The van der Waals surface area contributed by atoms with E-state index in [2.05, 4.69) is 25.5 Å². The number of nitrogens with one attached hydrogen (secondary N) is 2. The minimum absolute atomic E-state index is 0.00232. The van der Waals surface area contributed by atoms with Crippen LogP contribution >= 0.6 is 11.8 Å². The number of aliphatic hydroxyl groups is 1. The van der Waals surface area contributed by atoms with Crippen LogP contribution in [0.1, 0.15) is 45.9 Å². The molecule has 184 valence electrons. The van der Waals surface area contributed by atoms with Crippen molar-refractivity contribution in [2.24, 2.45) is 0 Å². The summed E-state index contributed by atoms with van der Waals surface area (Å²) < 4.78 is 12.7. The second-order valence-corrected chi connectivity index (χ2v) is 9.28. The molecule has 0 spiro atoms. The second-order valence-electron chi connectivity index (χ2n) is 8.27. The maximum Gasteiger partial charge on any atom is 0.257 e. The highest BCUT2D eigenvalue weighted by atomic mass is 32.2. The van der Waals surface area contributed by atoms with Gasteiger partial charge in [-0.25, -0.2) is 4.98 Å². The first-order valence-electron chi connectivity index (χ1n) is 11.5. The van der Waals surface area contributed by atoms with Gasteiger partial charge in [0, 0.05) is 35.8 Å². The van der Waals surface area contributed by atoms with Gasteiger partial charge < -0.3 is 19.9 Å². The van der Waals surface area contributed by atoms with Gasteiger partial charge in [0.1, 0.15) is 6.33 Å². The Balaban J connectivity index is 1.30. The number of ether oxygens (including phenoxy) is 2. The second kappa shape index (κ2) is 11.4. The quantitative estimate of drug-likeness (QED) is 0.305. The molecule has 0 aliphatic carbocycles. The SMILES string of the molecule is O=C(Nc1ccc(C2OC(CSc3ncn[nH]3)CC(c3ccc(CO)cc3)O2)cc1)c1cccnc1. The van der Waals surface area contributed by atoms with Crippen LogP contribution in [0.25, 0.3) is 0 Å². The van der Waals surface area contributed by atoms with Crippen LogP contribution in [0.4, 0.5) is 5.69 Å². The number of thioether (sulfide) groups is 1. The molecule has 2 aromatic carbocycles. The standard InChI is InChI=1S/C26H25N5O4S/c32-14-17-3-5-18(6-4-17)23-12-22(15-36-26-28-16-29-31-26)34-25(35-23)19-7-9-21(10-8-19)30-24(33)20-2-1-11-27-13-20/h1-11,13,16,22-23,25,32H,12,14-15H2,(H,30,33)(H,28,29,31). The lowest BCUT2D eigenvalue weighted by molar-refractivity contribution is -0.245. The Morgan fingerprint density at radius 3 is 2.58 bits per heavy atom. The van der Waals surface area contributed by atoms with E-state index in [1.54, 1.807) is 30.1 Å². The van der Waals surface area contributed by atoms with Gasteiger partial charge >= 0.3 is 0 Å². The van der Waals surface area contributed by atoms with Gasteiger partial charge in [-0.05, 0) is 35.4 Å². The molecule has 1 amide bonds. The number of benzene rings is 2. The van der Waals surface area contributed by atoms with E-state index < -0.39 is 6.29 Å². The average molecular weight is 504 g/mol. The molecule has 3 unspecified atom stereocenters. The summed E-state index contributed by atoms with van der Waals surface area (Å²) in [6.45, 7) is -0.00232. The van der Waals surface area contributed by atoms with E-state index in [9.17, 15) is 9.90 Å². The Morgan fingerprint density at radius 2 is 1.89 bits per heavy atom. The van der Waals surface area contributed by atoms with Crippen LogP contribution in [0, 0.1) is 0 Å². The highest BCUT2D eigenvalue weighted by molar-refractivity contribution is 7.99. The molecule has 1 saturated heterocycles. The minimum atomic E-state index is -0.579. The number of carbonyl (C=O) groups is 1. The molecular weight excluding hydrogens is 478 g/mol. The van der Waals surface area contributed by atoms with E-state index in [4.69, 9.17) is 9.47 Å². The van der Waals surface area contributed by atoms with Crippen molar-refractivity contribution in [3.05, 3.63) is 102 Å². The largest absolute Gasteiger partial charge is 0.392 e. The molecule has 0 radical (unpaired) electrons. The van der Waals surface area contributed by atoms with Crippen LogP contribution in [0.5, 0.6) is 0 Å². The van der Waals surface area contributed by atoms with Crippen molar-refractivity contribution in [2.75, 3.05) is 11.1 Å². The molecule has 1 aliphatic rings. The molecule has 1 aliphatic heterocycles. The zero-order chi connectivity index (χ0) is 24.7.